The number of hydrogen-bond donors (Lipinski definition) is 0. The molecular formula is C26H31NO. The van der Waals surface area contributed by atoms with Gasteiger partial charge in [-0.1, -0.05) is 90.0 Å². The first-order valence-corrected chi connectivity index (χ1v) is 9.91. The van der Waals surface area contributed by atoms with Crippen LogP contribution in [0, 0.1) is 13.8 Å². The average molecular weight is 374 g/mol. The zero-order chi connectivity index (χ0) is 20.1. The predicted molar refractivity (Wildman–Crippen MR) is 118 cm³/mol. The van der Waals surface area contributed by atoms with Crippen molar-refractivity contribution in [1.82, 2.24) is 4.90 Å². The Morgan fingerprint density at radius 2 is 1.25 bits per heavy atom. The Balaban J connectivity index is 2.06. The van der Waals surface area contributed by atoms with E-state index in [9.17, 15) is 0 Å². The van der Waals surface area contributed by atoms with Gasteiger partial charge >= 0.3 is 0 Å². The summed E-state index contributed by atoms with van der Waals surface area (Å²) in [6.45, 7) is 7.36. The lowest BCUT2D eigenvalue weighted by Gasteiger charge is -2.43. The third-order valence-electron chi connectivity index (χ3n) is 5.81. The maximum atomic E-state index is 6.37. The van der Waals surface area contributed by atoms with Crippen LogP contribution in [0.3, 0.4) is 0 Å². The molecule has 0 amide bonds. The summed E-state index contributed by atoms with van der Waals surface area (Å²) in [7, 11) is 4.00. The molecule has 0 heterocycles. The highest BCUT2D eigenvalue weighted by Crippen LogP contribution is 2.39. The molecule has 0 bridgehead atoms. The first-order chi connectivity index (χ1) is 13.5. The highest BCUT2D eigenvalue weighted by atomic mass is 16.5. The normalized spacial score (nSPS) is 12.9. The summed E-state index contributed by atoms with van der Waals surface area (Å²) >= 11 is 0. The van der Waals surface area contributed by atoms with Crippen LogP contribution >= 0.6 is 0 Å². The molecule has 0 saturated heterocycles. The Morgan fingerprint density at radius 3 is 1.68 bits per heavy atom. The largest absolute Gasteiger partial charge is 0.367 e. The number of likely N-dealkylation sites (N-methyl/N-ethyl adjacent to an activating group) is 1. The molecule has 0 fully saturated rings. The minimum atomic E-state index is -0.551. The van der Waals surface area contributed by atoms with Crippen LogP contribution in [0.1, 0.15) is 34.7 Å². The van der Waals surface area contributed by atoms with Crippen molar-refractivity contribution in [3.8, 4) is 0 Å². The molecule has 28 heavy (non-hydrogen) atoms. The van der Waals surface area contributed by atoms with Crippen LogP contribution in [-0.4, -0.2) is 25.1 Å². The minimum Gasteiger partial charge on any atom is -0.367 e. The molecule has 3 rings (SSSR count). The van der Waals surface area contributed by atoms with Crippen molar-refractivity contribution in [1.29, 1.82) is 0 Å². The molecule has 1 atom stereocenters. The Bertz CT molecular complexity index is 823. The van der Waals surface area contributed by atoms with E-state index in [0.717, 1.165) is 6.54 Å². The molecule has 0 unspecified atom stereocenters. The molecule has 0 aliphatic rings. The van der Waals surface area contributed by atoms with Gasteiger partial charge in [-0.15, -0.1) is 0 Å². The summed E-state index contributed by atoms with van der Waals surface area (Å²) in [6.07, 6.45) is 0. The van der Waals surface area contributed by atoms with Crippen LogP contribution in [0.15, 0.2) is 78.9 Å². The summed E-state index contributed by atoms with van der Waals surface area (Å²) < 4.78 is 6.37. The van der Waals surface area contributed by atoms with E-state index < -0.39 is 5.60 Å². The Kier molecular flexibility index (Phi) is 6.33. The lowest BCUT2D eigenvalue weighted by Crippen LogP contribution is -2.49. The molecule has 0 N–H and O–H groups in total. The van der Waals surface area contributed by atoms with Crippen LogP contribution in [0.2, 0.25) is 0 Å². The van der Waals surface area contributed by atoms with E-state index in [4.69, 9.17) is 4.74 Å². The summed E-state index contributed by atoms with van der Waals surface area (Å²) in [6, 6.07) is 28.2. The quantitative estimate of drug-likeness (QED) is 0.526. The highest BCUT2D eigenvalue weighted by Gasteiger charge is 2.42. The standard InChI is InChI=1S/C26H31NO/c1-20-11-15-24(16-12-20)26(28-5,25-17-13-21(2)14-18-25)22(3)27(4)19-23-9-7-6-8-10-23/h6-18,22H,19H2,1-5H3/t22-/m0/s1. The number of aryl methyl sites for hydroxylation is 2. The van der Waals surface area contributed by atoms with Gasteiger partial charge in [0.25, 0.3) is 0 Å². The molecule has 0 aliphatic carbocycles. The molecule has 0 radical (unpaired) electrons. The maximum Gasteiger partial charge on any atom is 0.133 e. The molecule has 0 aliphatic heterocycles. The van der Waals surface area contributed by atoms with Gasteiger partial charge in [0.15, 0.2) is 0 Å². The van der Waals surface area contributed by atoms with Gasteiger partial charge in [-0.2, -0.15) is 0 Å². The fourth-order valence-corrected chi connectivity index (χ4v) is 3.98. The van der Waals surface area contributed by atoms with Crippen molar-refractivity contribution in [2.45, 2.75) is 39.0 Å². The van der Waals surface area contributed by atoms with Gasteiger partial charge < -0.3 is 4.74 Å². The van der Waals surface area contributed by atoms with Crippen LogP contribution in [0.4, 0.5) is 0 Å². The van der Waals surface area contributed by atoms with E-state index in [1.807, 2.05) is 7.11 Å². The van der Waals surface area contributed by atoms with E-state index in [2.05, 4.69) is 112 Å². The molecule has 0 aromatic heterocycles. The molecule has 2 heteroatoms. The third kappa shape index (κ3) is 4.04. The number of ether oxygens (including phenoxy) is 1. The van der Waals surface area contributed by atoms with Crippen LogP contribution < -0.4 is 0 Å². The zero-order valence-corrected chi connectivity index (χ0v) is 17.6. The van der Waals surface area contributed by atoms with Crippen molar-refractivity contribution < 1.29 is 4.74 Å². The number of hydrogen-bond acceptors (Lipinski definition) is 2. The Morgan fingerprint density at radius 1 is 0.786 bits per heavy atom. The Labute approximate surface area is 169 Å². The van der Waals surface area contributed by atoms with Crippen molar-refractivity contribution in [3.05, 3.63) is 107 Å². The topological polar surface area (TPSA) is 12.5 Å². The molecule has 146 valence electrons. The lowest BCUT2D eigenvalue weighted by molar-refractivity contribution is -0.0438. The van der Waals surface area contributed by atoms with Gasteiger partial charge in [0.2, 0.25) is 0 Å². The van der Waals surface area contributed by atoms with Crippen LogP contribution in [-0.2, 0) is 16.9 Å². The number of benzene rings is 3. The fraction of sp³-hybridized carbons (Fsp3) is 0.308. The number of rotatable bonds is 7. The lowest BCUT2D eigenvalue weighted by atomic mass is 9.79. The van der Waals surface area contributed by atoms with Crippen molar-refractivity contribution >= 4 is 0 Å². The summed E-state index contributed by atoms with van der Waals surface area (Å²) in [5, 5.41) is 0. The fourth-order valence-electron chi connectivity index (χ4n) is 3.98. The maximum absolute atomic E-state index is 6.37. The molecule has 0 spiro atoms. The van der Waals surface area contributed by atoms with Crippen molar-refractivity contribution in [3.63, 3.8) is 0 Å². The first kappa shape index (κ1) is 20.3. The smallest absolute Gasteiger partial charge is 0.133 e. The van der Waals surface area contributed by atoms with Gasteiger partial charge in [-0.3, -0.25) is 4.90 Å². The first-order valence-electron chi connectivity index (χ1n) is 9.91. The van der Waals surface area contributed by atoms with Crippen LogP contribution in [0.25, 0.3) is 0 Å². The van der Waals surface area contributed by atoms with Crippen LogP contribution in [0.5, 0.6) is 0 Å². The second-order valence-electron chi connectivity index (χ2n) is 7.75. The van der Waals surface area contributed by atoms with E-state index in [1.54, 1.807) is 0 Å². The van der Waals surface area contributed by atoms with Gasteiger partial charge in [0.05, 0.1) is 0 Å². The Hall–Kier alpha value is -2.42. The molecule has 2 nitrogen and oxygen atoms in total. The number of methoxy groups -OCH3 is 1. The van der Waals surface area contributed by atoms with E-state index in [0.29, 0.717) is 0 Å². The van der Waals surface area contributed by atoms with E-state index in [-0.39, 0.29) is 6.04 Å². The second-order valence-corrected chi connectivity index (χ2v) is 7.75. The SMILES string of the molecule is COC(c1ccc(C)cc1)(c1ccc(C)cc1)[C@H](C)N(C)Cc1ccccc1. The van der Waals surface area contributed by atoms with Gasteiger partial charge in [0.1, 0.15) is 5.60 Å². The molecule has 0 saturated carbocycles. The van der Waals surface area contributed by atoms with E-state index in [1.165, 1.54) is 27.8 Å². The molecule has 3 aromatic carbocycles. The number of nitrogens with zero attached hydrogens (tertiary/aromatic N) is 1. The highest BCUT2D eigenvalue weighted by molar-refractivity contribution is 5.40. The second kappa shape index (κ2) is 8.72. The summed E-state index contributed by atoms with van der Waals surface area (Å²) in [5.74, 6) is 0. The average Bonchev–Trinajstić information content (AvgIpc) is 2.72. The molecular weight excluding hydrogens is 342 g/mol. The van der Waals surface area contributed by atoms with Crippen molar-refractivity contribution in [2.24, 2.45) is 0 Å². The minimum absolute atomic E-state index is 0.128. The van der Waals surface area contributed by atoms with Gasteiger partial charge in [0, 0.05) is 19.7 Å². The van der Waals surface area contributed by atoms with Crippen molar-refractivity contribution in [2.75, 3.05) is 14.2 Å². The summed E-state index contributed by atoms with van der Waals surface area (Å²) in [4.78, 5) is 2.37. The third-order valence-corrected chi connectivity index (χ3v) is 5.81. The monoisotopic (exact) mass is 373 g/mol. The van der Waals surface area contributed by atoms with Gasteiger partial charge in [-0.25, -0.2) is 0 Å². The summed E-state index contributed by atoms with van der Waals surface area (Å²) in [5.41, 5.74) is 5.61. The predicted octanol–water partition coefficient (Wildman–Crippen LogP) is 5.71. The van der Waals surface area contributed by atoms with Gasteiger partial charge in [-0.05, 0) is 44.5 Å². The molecule has 3 aromatic rings. The van der Waals surface area contributed by atoms with E-state index >= 15 is 0 Å². The zero-order valence-electron chi connectivity index (χ0n) is 17.6.